The number of halogens is 2. The summed E-state index contributed by atoms with van der Waals surface area (Å²) in [7, 11) is 0. The molecule has 0 N–H and O–H groups in total. The summed E-state index contributed by atoms with van der Waals surface area (Å²) in [5, 5.41) is 0.893. The van der Waals surface area contributed by atoms with E-state index in [-0.39, 0.29) is 17.3 Å². The third-order valence-corrected chi connectivity index (χ3v) is 8.48. The molecule has 0 radical (unpaired) electrons. The van der Waals surface area contributed by atoms with Crippen LogP contribution in [0.25, 0.3) is 0 Å². The van der Waals surface area contributed by atoms with E-state index in [1.807, 2.05) is 0 Å². The highest BCUT2D eigenvalue weighted by molar-refractivity contribution is 9.11. The van der Waals surface area contributed by atoms with Crippen molar-refractivity contribution < 1.29 is 0 Å². The van der Waals surface area contributed by atoms with Crippen molar-refractivity contribution in [2.45, 2.75) is 11.3 Å². The smallest absolute Gasteiger partial charge is 0.0567 e. The van der Waals surface area contributed by atoms with E-state index in [0.29, 0.717) is 0 Å². The van der Waals surface area contributed by atoms with E-state index in [9.17, 15) is 0 Å². The molecular formula is C31H21BrClN. The van der Waals surface area contributed by atoms with E-state index < -0.39 is 0 Å². The largest absolute Gasteiger partial charge is 0.310 e. The number of fused-ring (bicyclic) bond motifs is 9. The number of nitrogens with zero attached hydrogens (tertiary/aromatic N) is 1. The fourth-order valence-electron chi connectivity index (χ4n) is 6.52. The van der Waals surface area contributed by atoms with Crippen LogP contribution in [-0.2, 0) is 5.41 Å². The van der Waals surface area contributed by atoms with E-state index in [0.717, 1.165) is 9.51 Å². The summed E-state index contributed by atoms with van der Waals surface area (Å²) < 4.78 is 1.05. The van der Waals surface area contributed by atoms with Crippen molar-refractivity contribution in [1.29, 1.82) is 0 Å². The second kappa shape index (κ2) is 7.46. The average molecular weight is 523 g/mol. The van der Waals surface area contributed by atoms with Crippen molar-refractivity contribution in [3.63, 3.8) is 0 Å². The molecular weight excluding hydrogens is 502 g/mol. The van der Waals surface area contributed by atoms with Crippen LogP contribution < -0.4 is 4.90 Å². The van der Waals surface area contributed by atoms with Gasteiger partial charge < -0.3 is 4.90 Å². The highest BCUT2D eigenvalue weighted by Crippen LogP contribution is 2.67. The summed E-state index contributed by atoms with van der Waals surface area (Å²) in [4.78, 5) is 2.41. The third kappa shape index (κ3) is 2.56. The number of hydrogen-bond acceptors (Lipinski definition) is 1. The van der Waals surface area contributed by atoms with Gasteiger partial charge in [0, 0.05) is 27.0 Å². The zero-order chi connectivity index (χ0) is 22.9. The first-order valence-corrected chi connectivity index (χ1v) is 12.8. The van der Waals surface area contributed by atoms with Crippen LogP contribution in [0.15, 0.2) is 125 Å². The molecule has 0 amide bonds. The van der Waals surface area contributed by atoms with Gasteiger partial charge in [0.1, 0.15) is 0 Å². The second-order valence-electron chi connectivity index (χ2n) is 9.18. The maximum atomic E-state index is 7.00. The van der Waals surface area contributed by atoms with Gasteiger partial charge in [0.15, 0.2) is 0 Å². The molecule has 1 aliphatic heterocycles. The van der Waals surface area contributed by atoms with Crippen LogP contribution in [-0.4, -0.2) is 0 Å². The van der Waals surface area contributed by atoms with Gasteiger partial charge in [-0.05, 0) is 52.6 Å². The van der Waals surface area contributed by atoms with Crippen molar-refractivity contribution in [3.05, 3.63) is 147 Å². The molecule has 0 saturated heterocycles. The summed E-state index contributed by atoms with van der Waals surface area (Å²) in [6, 6.07) is 37.3. The Kier molecular flexibility index (Phi) is 4.46. The van der Waals surface area contributed by atoms with Crippen molar-refractivity contribution in [1.82, 2.24) is 0 Å². The van der Waals surface area contributed by atoms with Crippen LogP contribution in [0.5, 0.6) is 0 Å². The molecule has 2 aliphatic carbocycles. The third-order valence-electron chi connectivity index (χ3n) is 7.65. The molecule has 3 heteroatoms. The molecule has 7 rings (SSSR count). The van der Waals surface area contributed by atoms with Crippen molar-refractivity contribution in [2.75, 3.05) is 4.90 Å². The lowest BCUT2D eigenvalue weighted by atomic mass is 9.60. The highest BCUT2D eigenvalue weighted by atomic mass is 79.9. The summed E-state index contributed by atoms with van der Waals surface area (Å²) in [5.41, 5.74) is 8.58. The molecule has 34 heavy (non-hydrogen) atoms. The quantitative estimate of drug-likeness (QED) is 0.241. The maximum Gasteiger partial charge on any atom is 0.0567 e. The van der Waals surface area contributed by atoms with Crippen LogP contribution in [0.3, 0.4) is 0 Å². The van der Waals surface area contributed by atoms with Gasteiger partial charge in [-0.15, -0.1) is 0 Å². The number of rotatable bonds is 1. The molecule has 0 aromatic heterocycles. The lowest BCUT2D eigenvalue weighted by Gasteiger charge is -2.47. The maximum absolute atomic E-state index is 7.00. The van der Waals surface area contributed by atoms with Gasteiger partial charge in [-0.1, -0.05) is 112 Å². The molecule has 2 atom stereocenters. The summed E-state index contributed by atoms with van der Waals surface area (Å²) >= 11 is 10.8. The van der Waals surface area contributed by atoms with Crippen LogP contribution in [0.1, 0.15) is 28.2 Å². The van der Waals surface area contributed by atoms with Gasteiger partial charge in [0.2, 0.25) is 0 Å². The Labute approximate surface area is 213 Å². The molecule has 1 heterocycles. The molecule has 0 fully saturated rings. The Morgan fingerprint density at radius 2 is 1.24 bits per heavy atom. The minimum absolute atomic E-state index is 0.128. The van der Waals surface area contributed by atoms with E-state index in [4.69, 9.17) is 11.6 Å². The molecule has 3 aliphatic rings. The second-order valence-corrected chi connectivity index (χ2v) is 10.5. The number of hydrogen-bond donors (Lipinski definition) is 0. The number of benzene rings is 4. The minimum Gasteiger partial charge on any atom is -0.310 e. The van der Waals surface area contributed by atoms with Gasteiger partial charge in [-0.2, -0.15) is 0 Å². The van der Waals surface area contributed by atoms with Crippen LogP contribution in [0, 0.1) is 5.92 Å². The predicted molar refractivity (Wildman–Crippen MR) is 145 cm³/mol. The average Bonchev–Trinajstić information content (AvgIpc) is 3.16. The molecule has 1 nitrogen and oxygen atoms in total. The van der Waals surface area contributed by atoms with Gasteiger partial charge in [-0.25, -0.2) is 0 Å². The zero-order valence-corrected chi connectivity index (χ0v) is 20.7. The van der Waals surface area contributed by atoms with Crippen molar-refractivity contribution in [3.8, 4) is 0 Å². The zero-order valence-electron chi connectivity index (χ0n) is 18.3. The van der Waals surface area contributed by atoms with E-state index in [1.54, 1.807) is 0 Å². The fraction of sp³-hybridized carbons (Fsp3) is 0.0968. The monoisotopic (exact) mass is 521 g/mol. The molecule has 1 spiro atoms. The Hall–Kier alpha value is -3.07. The molecule has 0 saturated carbocycles. The summed E-state index contributed by atoms with van der Waals surface area (Å²) in [6.45, 7) is 0. The van der Waals surface area contributed by atoms with Gasteiger partial charge >= 0.3 is 0 Å². The topological polar surface area (TPSA) is 3.24 Å². The number of anilines is 3. The number of para-hydroxylation sites is 3. The van der Waals surface area contributed by atoms with Gasteiger partial charge in [0.05, 0.1) is 16.8 Å². The van der Waals surface area contributed by atoms with E-state index in [1.165, 1.54) is 39.3 Å². The molecule has 164 valence electrons. The molecule has 0 bridgehead atoms. The van der Waals surface area contributed by atoms with Crippen LogP contribution in [0.4, 0.5) is 17.1 Å². The van der Waals surface area contributed by atoms with Crippen LogP contribution >= 0.6 is 27.5 Å². The highest BCUT2D eigenvalue weighted by Gasteiger charge is 2.58. The Morgan fingerprint density at radius 3 is 1.91 bits per heavy atom. The molecule has 4 aromatic carbocycles. The first-order valence-electron chi connectivity index (χ1n) is 11.6. The normalized spacial score (nSPS) is 21.2. The van der Waals surface area contributed by atoms with E-state index in [2.05, 4.69) is 136 Å². The van der Waals surface area contributed by atoms with Crippen molar-refractivity contribution >= 4 is 44.6 Å². The Balaban J connectivity index is 1.63. The van der Waals surface area contributed by atoms with Gasteiger partial charge in [0.25, 0.3) is 0 Å². The fourth-order valence-corrected chi connectivity index (χ4v) is 7.55. The van der Waals surface area contributed by atoms with Gasteiger partial charge in [-0.3, -0.25) is 0 Å². The number of allylic oxidation sites excluding steroid dienone is 4. The molecule has 4 aromatic rings. The van der Waals surface area contributed by atoms with Crippen molar-refractivity contribution in [2.24, 2.45) is 5.92 Å². The SMILES string of the molecule is ClC1=CC(Br)=CC2C1c1ccccc1C21c2ccccc2N(c2ccccc2)c2ccccc21. The predicted octanol–water partition coefficient (Wildman–Crippen LogP) is 8.93. The first kappa shape index (κ1) is 20.3. The molecule has 2 unspecified atom stereocenters. The minimum atomic E-state index is -0.340. The summed E-state index contributed by atoms with van der Waals surface area (Å²) in [5.74, 6) is 0.292. The Morgan fingerprint density at radius 1 is 0.676 bits per heavy atom. The van der Waals surface area contributed by atoms with E-state index >= 15 is 0 Å². The lowest BCUT2D eigenvalue weighted by Crippen LogP contribution is -2.40. The Bertz CT molecular complexity index is 1460. The lowest BCUT2D eigenvalue weighted by molar-refractivity contribution is 0.450. The summed E-state index contributed by atoms with van der Waals surface area (Å²) in [6.07, 6.45) is 4.44. The van der Waals surface area contributed by atoms with Crippen LogP contribution in [0.2, 0.25) is 0 Å². The first-order chi connectivity index (χ1) is 16.7. The standard InChI is InChI=1S/C31H21BrClN/c32-20-18-26-30(27(33)19-20)22-12-4-5-13-23(22)31(26)24-14-6-8-16-28(24)34(21-10-2-1-3-11-21)29-17-9-7-15-25(29)31/h1-19,26,30H.